The van der Waals surface area contributed by atoms with E-state index in [1.807, 2.05) is 12.1 Å². The summed E-state index contributed by atoms with van der Waals surface area (Å²) in [4.78, 5) is 13.7. The Morgan fingerprint density at radius 3 is 2.71 bits per heavy atom. The number of nitrogens with two attached hydrogens (primary N) is 1. The Balaban J connectivity index is 1.79. The minimum absolute atomic E-state index is 0.0346. The number of rotatable bonds is 4. The molecule has 110 valence electrons. The zero-order valence-electron chi connectivity index (χ0n) is 11.9. The Labute approximate surface area is 129 Å². The molecule has 21 heavy (non-hydrogen) atoms. The summed E-state index contributed by atoms with van der Waals surface area (Å²) in [5, 5.41) is 5.29. The first kappa shape index (κ1) is 14.1. The Morgan fingerprint density at radius 1 is 1.24 bits per heavy atom. The van der Waals surface area contributed by atoms with Crippen molar-refractivity contribution in [2.24, 2.45) is 5.92 Å². The standard InChI is InChI=1S/C17H20N2OS/c18-14-8-3-7-13(11-14)17(20)19-16(12-5-1-2-6-12)15-9-4-10-21-15/h3-4,7-12,16H,1-2,5-6,18H2,(H,19,20). The molecule has 4 heteroatoms. The summed E-state index contributed by atoms with van der Waals surface area (Å²) < 4.78 is 0. The quantitative estimate of drug-likeness (QED) is 0.839. The van der Waals surface area contributed by atoms with E-state index in [1.54, 1.807) is 23.5 Å². The van der Waals surface area contributed by atoms with E-state index >= 15 is 0 Å². The summed E-state index contributed by atoms with van der Waals surface area (Å²) >= 11 is 1.72. The molecule has 0 spiro atoms. The number of thiophene rings is 1. The molecular formula is C17H20N2OS. The lowest BCUT2D eigenvalue weighted by Crippen LogP contribution is -2.32. The van der Waals surface area contributed by atoms with Gasteiger partial charge in [-0.05, 0) is 48.4 Å². The van der Waals surface area contributed by atoms with Crippen molar-refractivity contribution < 1.29 is 4.79 Å². The molecule has 3 N–H and O–H groups in total. The summed E-state index contributed by atoms with van der Waals surface area (Å²) in [5.41, 5.74) is 7.02. The van der Waals surface area contributed by atoms with Gasteiger partial charge in [0, 0.05) is 16.1 Å². The molecule has 1 aromatic heterocycles. The highest BCUT2D eigenvalue weighted by molar-refractivity contribution is 7.10. The molecule has 0 aliphatic heterocycles. The first-order valence-corrected chi connectivity index (χ1v) is 8.32. The molecule has 1 fully saturated rings. The largest absolute Gasteiger partial charge is 0.399 e. The molecule has 1 amide bonds. The number of nitrogens with one attached hydrogen (secondary N) is 1. The highest BCUT2D eigenvalue weighted by atomic mass is 32.1. The fraction of sp³-hybridized carbons (Fsp3) is 0.353. The summed E-state index contributed by atoms with van der Waals surface area (Å²) in [6.45, 7) is 0. The summed E-state index contributed by atoms with van der Waals surface area (Å²) in [5.74, 6) is 0.515. The van der Waals surface area contributed by atoms with E-state index in [9.17, 15) is 4.79 Å². The lowest BCUT2D eigenvalue weighted by atomic mass is 9.96. The highest BCUT2D eigenvalue weighted by Gasteiger charge is 2.28. The highest BCUT2D eigenvalue weighted by Crippen LogP contribution is 2.37. The van der Waals surface area contributed by atoms with Crippen LogP contribution >= 0.6 is 11.3 Å². The van der Waals surface area contributed by atoms with Gasteiger partial charge in [-0.1, -0.05) is 25.0 Å². The van der Waals surface area contributed by atoms with Crippen LogP contribution in [0.15, 0.2) is 41.8 Å². The summed E-state index contributed by atoms with van der Waals surface area (Å²) in [6, 6.07) is 11.5. The molecule has 0 saturated heterocycles. The maximum Gasteiger partial charge on any atom is 0.251 e. The Bertz CT molecular complexity index is 603. The minimum Gasteiger partial charge on any atom is -0.399 e. The topological polar surface area (TPSA) is 55.1 Å². The number of amides is 1. The van der Waals surface area contributed by atoms with Crippen LogP contribution in [0.2, 0.25) is 0 Å². The molecule has 1 aliphatic rings. The Morgan fingerprint density at radius 2 is 2.05 bits per heavy atom. The number of carbonyl (C=O) groups is 1. The van der Waals surface area contributed by atoms with Gasteiger partial charge in [-0.25, -0.2) is 0 Å². The van der Waals surface area contributed by atoms with Gasteiger partial charge in [0.1, 0.15) is 0 Å². The van der Waals surface area contributed by atoms with Crippen molar-refractivity contribution in [1.82, 2.24) is 5.32 Å². The Hall–Kier alpha value is -1.81. The van der Waals surface area contributed by atoms with E-state index < -0.39 is 0 Å². The molecule has 3 nitrogen and oxygen atoms in total. The number of benzene rings is 1. The third-order valence-electron chi connectivity index (χ3n) is 4.16. The van der Waals surface area contributed by atoms with E-state index in [0.717, 1.165) is 0 Å². The van der Waals surface area contributed by atoms with Gasteiger partial charge >= 0.3 is 0 Å². The van der Waals surface area contributed by atoms with Gasteiger partial charge in [0.25, 0.3) is 5.91 Å². The number of hydrogen-bond donors (Lipinski definition) is 2. The summed E-state index contributed by atoms with van der Waals surface area (Å²) in [7, 11) is 0. The van der Waals surface area contributed by atoms with E-state index in [1.165, 1.54) is 30.6 Å². The molecule has 0 bridgehead atoms. The van der Waals surface area contributed by atoms with Crippen molar-refractivity contribution >= 4 is 22.9 Å². The van der Waals surface area contributed by atoms with Crippen molar-refractivity contribution in [1.29, 1.82) is 0 Å². The molecule has 0 radical (unpaired) electrons. The van der Waals surface area contributed by atoms with Crippen molar-refractivity contribution in [2.45, 2.75) is 31.7 Å². The van der Waals surface area contributed by atoms with Crippen LogP contribution in [0.5, 0.6) is 0 Å². The maximum absolute atomic E-state index is 12.5. The van der Waals surface area contributed by atoms with Gasteiger partial charge in [0.05, 0.1) is 6.04 Å². The van der Waals surface area contributed by atoms with Gasteiger partial charge in [-0.2, -0.15) is 0 Å². The number of carbonyl (C=O) groups excluding carboxylic acids is 1. The third-order valence-corrected chi connectivity index (χ3v) is 5.11. The first-order valence-electron chi connectivity index (χ1n) is 7.44. The second-order valence-corrected chi connectivity index (χ2v) is 6.62. The second-order valence-electron chi connectivity index (χ2n) is 5.64. The van der Waals surface area contributed by atoms with Gasteiger partial charge in [-0.15, -0.1) is 11.3 Å². The first-order chi connectivity index (χ1) is 10.2. The zero-order chi connectivity index (χ0) is 14.7. The van der Waals surface area contributed by atoms with E-state index in [4.69, 9.17) is 5.73 Å². The van der Waals surface area contributed by atoms with Crippen molar-refractivity contribution in [3.63, 3.8) is 0 Å². The maximum atomic E-state index is 12.5. The van der Waals surface area contributed by atoms with Crippen LogP contribution in [0.3, 0.4) is 0 Å². The molecular weight excluding hydrogens is 280 g/mol. The van der Waals surface area contributed by atoms with Gasteiger partial charge in [-0.3, -0.25) is 4.79 Å². The molecule has 1 saturated carbocycles. The fourth-order valence-electron chi connectivity index (χ4n) is 3.08. The van der Waals surface area contributed by atoms with Gasteiger partial charge in [0.2, 0.25) is 0 Å². The van der Waals surface area contributed by atoms with Crippen LogP contribution in [0.25, 0.3) is 0 Å². The predicted molar refractivity (Wildman–Crippen MR) is 87.3 cm³/mol. The monoisotopic (exact) mass is 300 g/mol. The van der Waals surface area contributed by atoms with Crippen LogP contribution in [0, 0.1) is 5.92 Å². The third kappa shape index (κ3) is 3.27. The van der Waals surface area contributed by atoms with Crippen molar-refractivity contribution in [3.8, 4) is 0 Å². The zero-order valence-corrected chi connectivity index (χ0v) is 12.7. The fourth-order valence-corrected chi connectivity index (χ4v) is 3.95. The molecule has 1 heterocycles. The summed E-state index contributed by atoms with van der Waals surface area (Å²) in [6.07, 6.45) is 4.92. The van der Waals surface area contributed by atoms with Crippen molar-refractivity contribution in [2.75, 3.05) is 5.73 Å². The molecule has 1 atom stereocenters. The smallest absolute Gasteiger partial charge is 0.251 e. The predicted octanol–water partition coefficient (Wildman–Crippen LogP) is 3.99. The van der Waals surface area contributed by atoms with Crippen LogP contribution in [0.1, 0.15) is 47.0 Å². The van der Waals surface area contributed by atoms with E-state index in [2.05, 4.69) is 22.8 Å². The second kappa shape index (κ2) is 6.31. The van der Waals surface area contributed by atoms with Gasteiger partial charge < -0.3 is 11.1 Å². The van der Waals surface area contributed by atoms with Crippen LogP contribution < -0.4 is 11.1 Å². The van der Waals surface area contributed by atoms with E-state index in [-0.39, 0.29) is 11.9 Å². The van der Waals surface area contributed by atoms with Crippen LogP contribution in [0.4, 0.5) is 5.69 Å². The number of nitrogen functional groups attached to an aromatic ring is 1. The molecule has 2 aromatic rings. The molecule has 3 rings (SSSR count). The number of anilines is 1. The lowest BCUT2D eigenvalue weighted by molar-refractivity contribution is 0.0923. The van der Waals surface area contributed by atoms with Crippen LogP contribution in [-0.4, -0.2) is 5.91 Å². The average molecular weight is 300 g/mol. The Kier molecular flexibility index (Phi) is 4.25. The molecule has 1 unspecified atom stereocenters. The van der Waals surface area contributed by atoms with Crippen LogP contribution in [-0.2, 0) is 0 Å². The normalized spacial score (nSPS) is 16.8. The minimum atomic E-state index is -0.0346. The molecule has 1 aliphatic carbocycles. The van der Waals surface area contributed by atoms with E-state index in [0.29, 0.717) is 17.2 Å². The number of hydrogen-bond acceptors (Lipinski definition) is 3. The van der Waals surface area contributed by atoms with Gasteiger partial charge in [0.15, 0.2) is 0 Å². The average Bonchev–Trinajstić information content (AvgIpc) is 3.18. The lowest BCUT2D eigenvalue weighted by Gasteiger charge is -2.24. The van der Waals surface area contributed by atoms with Crippen molar-refractivity contribution in [3.05, 3.63) is 52.2 Å². The molecule has 1 aromatic carbocycles. The SMILES string of the molecule is Nc1cccc(C(=O)NC(c2cccs2)C2CCCC2)c1.